The smallest absolute Gasteiger partial charge is 0.344 e. The van der Waals surface area contributed by atoms with E-state index in [9.17, 15) is 0 Å². The van der Waals surface area contributed by atoms with Crippen molar-refractivity contribution >= 4 is 85.1 Å². The van der Waals surface area contributed by atoms with Crippen molar-refractivity contribution in [3.05, 3.63) is 49.1 Å². The van der Waals surface area contributed by atoms with Crippen LogP contribution in [-0.4, -0.2) is 97.5 Å². The molecule has 21 heteroatoms. The summed E-state index contributed by atoms with van der Waals surface area (Å²) in [6, 6.07) is 0. The molecule has 0 saturated heterocycles. The second-order valence-electron chi connectivity index (χ2n) is 15.3. The molecule has 276 valence electrons. The maximum Gasteiger partial charge on any atom is 0.344 e. The third kappa shape index (κ3) is 17.6. The number of rotatable bonds is 24. The topological polar surface area (TPSA) is 135 Å². The van der Waals surface area contributed by atoms with E-state index in [0.717, 1.165) is 0 Å². The molecule has 0 rings (SSSR count). The summed E-state index contributed by atoms with van der Waals surface area (Å²) in [6.45, 7) is 48.5. The predicted molar refractivity (Wildman–Crippen MR) is 220 cm³/mol. The minimum Gasteiger partial charge on any atom is -0.435 e. The van der Waals surface area contributed by atoms with Crippen LogP contribution in [0.1, 0.15) is 0 Å². The average molecular weight is 834 g/mol. The first-order valence-corrected chi connectivity index (χ1v) is 43.1. The molecule has 0 fully saturated rings. The Labute approximate surface area is 298 Å². The van der Waals surface area contributed by atoms with Crippen molar-refractivity contribution in [1.29, 1.82) is 0 Å². The third-order valence-corrected chi connectivity index (χ3v) is 44.7. The standard InChI is InChI=1S/C26H68N2O9Si10/c1-21-44(17,30-39(7,8)26-28)35-46(19,23-3)37-47(20,24-4)36-45(18,22-2)34-43(15,16)33-42(13,14)32-41(11,12)31-40(9,10)29-38(5,6)25-27/h21-24H,1-4,25-28H2,5-20H3. The van der Waals surface area contributed by atoms with Crippen molar-refractivity contribution in [2.75, 3.05) is 12.3 Å². The molecule has 0 saturated carbocycles. The largest absolute Gasteiger partial charge is 0.435 e. The average Bonchev–Trinajstić information content (AvgIpc) is 2.84. The summed E-state index contributed by atoms with van der Waals surface area (Å²) in [6.07, 6.45) is 0.995. The fourth-order valence-corrected chi connectivity index (χ4v) is 50.4. The molecular weight excluding hydrogens is 765 g/mol. The normalized spacial score (nSPS) is 19.1. The lowest BCUT2D eigenvalue weighted by Crippen LogP contribution is -2.63. The minimum absolute atomic E-state index is 0.463. The highest BCUT2D eigenvalue weighted by atomic mass is 28.5. The zero-order valence-electron chi connectivity index (χ0n) is 32.4. The fraction of sp³-hybridized carbons (Fsp3) is 0.692. The molecule has 47 heavy (non-hydrogen) atoms. The van der Waals surface area contributed by atoms with E-state index >= 15 is 0 Å². The molecule has 0 heterocycles. The zero-order valence-corrected chi connectivity index (χ0v) is 42.4. The van der Waals surface area contributed by atoms with E-state index in [1.807, 2.05) is 65.5 Å². The van der Waals surface area contributed by atoms with E-state index in [1.165, 1.54) is 0 Å². The molecule has 0 aromatic carbocycles. The lowest BCUT2D eigenvalue weighted by atomic mass is 11.3. The molecule has 0 aliphatic carbocycles. The van der Waals surface area contributed by atoms with Gasteiger partial charge in [-0.3, -0.25) is 0 Å². The second kappa shape index (κ2) is 17.0. The molecule has 0 radical (unpaired) electrons. The Bertz CT molecular complexity index is 1100. The Balaban J connectivity index is 6.00. The molecule has 0 aromatic rings. The molecule has 11 nitrogen and oxygen atoms in total. The van der Waals surface area contributed by atoms with Crippen LogP contribution in [0.25, 0.3) is 0 Å². The van der Waals surface area contributed by atoms with Crippen LogP contribution in [0.4, 0.5) is 0 Å². The zero-order chi connectivity index (χ0) is 37.6. The summed E-state index contributed by atoms with van der Waals surface area (Å²) in [5.74, 6) is 0. The summed E-state index contributed by atoms with van der Waals surface area (Å²) < 4.78 is 60.0. The van der Waals surface area contributed by atoms with Gasteiger partial charge in [-0.2, -0.15) is 0 Å². The molecular formula is C26H68N2O9Si10. The molecule has 4 unspecified atom stereocenters. The van der Waals surface area contributed by atoms with Crippen LogP contribution in [0.2, 0.25) is 105 Å². The van der Waals surface area contributed by atoms with Gasteiger partial charge in [0.2, 0.25) is 0 Å². The van der Waals surface area contributed by atoms with Gasteiger partial charge in [-0.05, 0) is 105 Å². The Morgan fingerprint density at radius 2 is 0.553 bits per heavy atom. The van der Waals surface area contributed by atoms with Gasteiger partial charge in [0.1, 0.15) is 0 Å². The van der Waals surface area contributed by atoms with Crippen LogP contribution in [-0.2, 0) is 37.0 Å². The van der Waals surface area contributed by atoms with Crippen molar-refractivity contribution in [3.8, 4) is 0 Å². The van der Waals surface area contributed by atoms with Crippen LogP contribution >= 0.6 is 0 Å². The van der Waals surface area contributed by atoms with Gasteiger partial charge in [-0.25, -0.2) is 0 Å². The van der Waals surface area contributed by atoms with E-state index in [4.69, 9.17) is 48.5 Å². The van der Waals surface area contributed by atoms with Crippen molar-refractivity contribution in [2.24, 2.45) is 11.5 Å². The molecule has 4 N–H and O–H groups in total. The van der Waals surface area contributed by atoms with Crippen LogP contribution in [0, 0.1) is 0 Å². The van der Waals surface area contributed by atoms with Crippen LogP contribution in [0.15, 0.2) is 49.1 Å². The lowest BCUT2D eigenvalue weighted by molar-refractivity contribution is 0.262. The highest BCUT2D eigenvalue weighted by Crippen LogP contribution is 2.31. The molecule has 0 aliphatic rings. The van der Waals surface area contributed by atoms with Crippen LogP contribution in [0.5, 0.6) is 0 Å². The first-order valence-electron chi connectivity index (χ1n) is 16.0. The third-order valence-electron chi connectivity index (χ3n) is 6.61. The van der Waals surface area contributed by atoms with Gasteiger partial charge in [0.05, 0.1) is 0 Å². The summed E-state index contributed by atoms with van der Waals surface area (Å²) in [4.78, 5) is 0. The maximum absolute atomic E-state index is 6.80. The van der Waals surface area contributed by atoms with Crippen molar-refractivity contribution < 1.29 is 37.0 Å². The van der Waals surface area contributed by atoms with Gasteiger partial charge in [-0.15, -0.1) is 26.3 Å². The van der Waals surface area contributed by atoms with Gasteiger partial charge in [-0.1, -0.05) is 22.8 Å². The highest BCUT2D eigenvalue weighted by Gasteiger charge is 2.52. The summed E-state index contributed by atoms with van der Waals surface area (Å²) in [5.41, 5.74) is 19.0. The van der Waals surface area contributed by atoms with Gasteiger partial charge in [0, 0.05) is 12.3 Å². The molecule has 0 spiro atoms. The van der Waals surface area contributed by atoms with Gasteiger partial charge < -0.3 is 48.5 Å². The molecule has 0 bridgehead atoms. The van der Waals surface area contributed by atoms with E-state index in [2.05, 4.69) is 65.6 Å². The Morgan fingerprint density at radius 3 is 0.830 bits per heavy atom. The van der Waals surface area contributed by atoms with E-state index in [0.29, 0.717) is 12.3 Å². The highest BCUT2D eigenvalue weighted by molar-refractivity contribution is 6.97. The van der Waals surface area contributed by atoms with Crippen molar-refractivity contribution in [3.63, 3.8) is 0 Å². The van der Waals surface area contributed by atoms with Crippen LogP contribution in [0.3, 0.4) is 0 Å². The van der Waals surface area contributed by atoms with E-state index in [1.54, 1.807) is 22.8 Å². The second-order valence-corrected chi connectivity index (χ2v) is 51.5. The van der Waals surface area contributed by atoms with Gasteiger partial charge in [0.15, 0.2) is 16.6 Å². The van der Waals surface area contributed by atoms with Crippen LogP contribution < -0.4 is 11.5 Å². The number of hydrogen-bond donors (Lipinski definition) is 2. The maximum atomic E-state index is 6.80. The number of nitrogens with two attached hydrogens (primary N) is 2. The molecule has 0 aliphatic heterocycles. The first kappa shape index (κ1) is 47.7. The number of hydrogen-bond acceptors (Lipinski definition) is 11. The first-order chi connectivity index (χ1) is 20.7. The van der Waals surface area contributed by atoms with Crippen molar-refractivity contribution in [2.45, 2.75) is 105 Å². The van der Waals surface area contributed by atoms with Gasteiger partial charge in [0.25, 0.3) is 0 Å². The lowest BCUT2D eigenvalue weighted by Gasteiger charge is -2.45. The summed E-state index contributed by atoms with van der Waals surface area (Å²) in [5, 5.41) is 0. The molecule has 4 atom stereocenters. The summed E-state index contributed by atoms with van der Waals surface area (Å²) in [7, 11) is -27.1. The molecule has 0 aromatic heterocycles. The Hall–Kier alpha value is 0.689. The Kier molecular flexibility index (Phi) is 17.3. The van der Waals surface area contributed by atoms with E-state index in [-0.39, 0.29) is 0 Å². The quantitative estimate of drug-likeness (QED) is 0.103. The van der Waals surface area contributed by atoms with E-state index < -0.39 is 85.1 Å². The van der Waals surface area contributed by atoms with Crippen molar-refractivity contribution in [1.82, 2.24) is 0 Å². The minimum atomic E-state index is -3.13. The Morgan fingerprint density at radius 1 is 0.340 bits per heavy atom. The SMILES string of the molecule is C=C[Si](C)(O[Si](C)(C)CN)O[Si](C)(C=C)O[Si](C)(C=C)O[Si](C)(C=C)O[Si](C)(C)O[Si](C)(C)O[Si](C)(C)O[Si](C)(C)O[Si](C)(C)CN. The van der Waals surface area contributed by atoms with Gasteiger partial charge >= 0.3 is 68.5 Å². The monoisotopic (exact) mass is 832 g/mol. The molecule has 0 amide bonds. The fourth-order valence-electron chi connectivity index (χ4n) is 5.27. The predicted octanol–water partition coefficient (Wildman–Crippen LogP) is 6.54. The summed E-state index contributed by atoms with van der Waals surface area (Å²) >= 11 is 0.